The van der Waals surface area contributed by atoms with E-state index in [1.54, 1.807) is 7.11 Å². The van der Waals surface area contributed by atoms with Gasteiger partial charge in [-0.15, -0.1) is 0 Å². The summed E-state index contributed by atoms with van der Waals surface area (Å²) in [5, 5.41) is 0. The zero-order chi connectivity index (χ0) is 11.3. The van der Waals surface area contributed by atoms with Crippen LogP contribution >= 0.6 is 12.6 Å². The smallest absolute Gasteiger partial charge is 0.161 e. The van der Waals surface area contributed by atoms with Gasteiger partial charge >= 0.3 is 0 Å². The molecule has 1 aromatic carbocycles. The standard InChI is InChI=1S/C11H17NO2S/c1-3-14-11-6-8(9(12)7-15)4-5-10(11)13-2/h4-6,9,15H,3,7,12H2,1-2H3. The van der Waals surface area contributed by atoms with Crippen LogP contribution in [0.25, 0.3) is 0 Å². The number of ether oxygens (including phenoxy) is 2. The molecule has 0 heterocycles. The minimum absolute atomic E-state index is 0.0709. The molecule has 84 valence electrons. The Kier molecular flexibility index (Phi) is 4.78. The van der Waals surface area contributed by atoms with Gasteiger partial charge in [0.05, 0.1) is 13.7 Å². The average molecular weight is 227 g/mol. The fourth-order valence-electron chi connectivity index (χ4n) is 1.30. The van der Waals surface area contributed by atoms with E-state index in [1.165, 1.54) is 0 Å². The molecule has 4 heteroatoms. The largest absolute Gasteiger partial charge is 0.493 e. The minimum Gasteiger partial charge on any atom is -0.493 e. The number of nitrogens with two attached hydrogens (primary N) is 1. The maximum absolute atomic E-state index is 5.88. The van der Waals surface area contributed by atoms with Gasteiger partial charge in [-0.05, 0) is 24.6 Å². The van der Waals surface area contributed by atoms with Crippen molar-refractivity contribution < 1.29 is 9.47 Å². The first-order valence-corrected chi connectivity index (χ1v) is 5.53. The van der Waals surface area contributed by atoms with Gasteiger partial charge in [0.2, 0.25) is 0 Å². The van der Waals surface area contributed by atoms with Crippen molar-refractivity contribution in [1.82, 2.24) is 0 Å². The molecule has 0 radical (unpaired) electrons. The van der Waals surface area contributed by atoms with Gasteiger partial charge in [-0.3, -0.25) is 0 Å². The van der Waals surface area contributed by atoms with Crippen molar-refractivity contribution in [2.45, 2.75) is 13.0 Å². The van der Waals surface area contributed by atoms with Gasteiger partial charge in [0.25, 0.3) is 0 Å². The highest BCUT2D eigenvalue weighted by molar-refractivity contribution is 7.80. The maximum Gasteiger partial charge on any atom is 0.161 e. The predicted octanol–water partition coefficient (Wildman–Crippen LogP) is 2.02. The summed E-state index contributed by atoms with van der Waals surface area (Å²) in [5.41, 5.74) is 6.89. The molecule has 0 spiro atoms. The van der Waals surface area contributed by atoms with E-state index >= 15 is 0 Å². The summed E-state index contributed by atoms with van der Waals surface area (Å²) in [5.74, 6) is 2.07. The summed E-state index contributed by atoms with van der Waals surface area (Å²) < 4.78 is 10.6. The second-order valence-corrected chi connectivity index (χ2v) is 3.50. The molecular formula is C11H17NO2S. The highest BCUT2D eigenvalue weighted by atomic mass is 32.1. The first kappa shape index (κ1) is 12.2. The molecule has 3 nitrogen and oxygen atoms in total. The normalized spacial score (nSPS) is 12.3. The summed E-state index contributed by atoms with van der Waals surface area (Å²) >= 11 is 4.17. The topological polar surface area (TPSA) is 44.5 Å². The monoisotopic (exact) mass is 227 g/mol. The van der Waals surface area contributed by atoms with Crippen LogP contribution in [0.4, 0.5) is 0 Å². The molecule has 0 aromatic heterocycles. The lowest BCUT2D eigenvalue weighted by Crippen LogP contribution is -2.11. The van der Waals surface area contributed by atoms with Crippen molar-refractivity contribution in [3.05, 3.63) is 23.8 Å². The zero-order valence-electron chi connectivity index (χ0n) is 9.06. The van der Waals surface area contributed by atoms with E-state index in [0.29, 0.717) is 12.4 Å². The second kappa shape index (κ2) is 5.88. The van der Waals surface area contributed by atoms with Crippen LogP contribution in [0.5, 0.6) is 11.5 Å². The minimum atomic E-state index is -0.0709. The van der Waals surface area contributed by atoms with Gasteiger partial charge in [0.1, 0.15) is 0 Å². The number of methoxy groups -OCH3 is 1. The van der Waals surface area contributed by atoms with Crippen molar-refractivity contribution in [2.24, 2.45) is 5.73 Å². The summed E-state index contributed by atoms with van der Waals surface area (Å²) in [6.07, 6.45) is 0. The Hall–Kier alpha value is -0.870. The average Bonchev–Trinajstić information content (AvgIpc) is 2.28. The number of benzene rings is 1. The van der Waals surface area contributed by atoms with E-state index in [2.05, 4.69) is 12.6 Å². The van der Waals surface area contributed by atoms with Crippen LogP contribution in [-0.4, -0.2) is 19.5 Å². The molecule has 1 unspecified atom stereocenters. The summed E-state index contributed by atoms with van der Waals surface area (Å²) in [7, 11) is 1.62. The van der Waals surface area contributed by atoms with Crippen molar-refractivity contribution >= 4 is 12.6 Å². The number of hydrogen-bond acceptors (Lipinski definition) is 4. The van der Waals surface area contributed by atoms with Gasteiger partial charge in [-0.2, -0.15) is 12.6 Å². The maximum atomic E-state index is 5.88. The van der Waals surface area contributed by atoms with Gasteiger partial charge < -0.3 is 15.2 Å². The Morgan fingerprint density at radius 2 is 2.13 bits per heavy atom. The molecule has 0 aliphatic carbocycles. The van der Waals surface area contributed by atoms with Crippen LogP contribution in [0.2, 0.25) is 0 Å². The molecule has 0 aliphatic heterocycles. The van der Waals surface area contributed by atoms with Crippen molar-refractivity contribution in [2.75, 3.05) is 19.5 Å². The van der Waals surface area contributed by atoms with Gasteiger partial charge in [-0.25, -0.2) is 0 Å². The van der Waals surface area contributed by atoms with E-state index < -0.39 is 0 Å². The lowest BCUT2D eigenvalue weighted by Gasteiger charge is -2.13. The SMILES string of the molecule is CCOc1cc(C(N)CS)ccc1OC. The van der Waals surface area contributed by atoms with E-state index in [-0.39, 0.29) is 6.04 Å². The Bertz CT molecular complexity index is 317. The van der Waals surface area contributed by atoms with Crippen LogP contribution < -0.4 is 15.2 Å². The number of rotatable bonds is 5. The quantitative estimate of drug-likeness (QED) is 0.756. The third-order valence-corrected chi connectivity index (χ3v) is 2.51. The van der Waals surface area contributed by atoms with Crippen LogP contribution in [0.15, 0.2) is 18.2 Å². The fourth-order valence-corrected chi connectivity index (χ4v) is 1.51. The van der Waals surface area contributed by atoms with Crippen molar-refractivity contribution in [3.63, 3.8) is 0 Å². The summed E-state index contributed by atoms with van der Waals surface area (Å²) in [6, 6.07) is 5.63. The number of thiol groups is 1. The van der Waals surface area contributed by atoms with E-state index in [9.17, 15) is 0 Å². The second-order valence-electron chi connectivity index (χ2n) is 3.13. The molecule has 15 heavy (non-hydrogen) atoms. The molecule has 1 atom stereocenters. The van der Waals surface area contributed by atoms with Crippen molar-refractivity contribution in [3.8, 4) is 11.5 Å². The summed E-state index contributed by atoms with van der Waals surface area (Å²) in [6.45, 7) is 2.54. The zero-order valence-corrected chi connectivity index (χ0v) is 9.96. The Morgan fingerprint density at radius 1 is 1.40 bits per heavy atom. The van der Waals surface area contributed by atoms with Crippen molar-refractivity contribution in [1.29, 1.82) is 0 Å². The molecule has 1 rings (SSSR count). The van der Waals surface area contributed by atoms with E-state index in [4.69, 9.17) is 15.2 Å². The fraction of sp³-hybridized carbons (Fsp3) is 0.455. The lowest BCUT2D eigenvalue weighted by atomic mass is 10.1. The van der Waals surface area contributed by atoms with Crippen LogP contribution in [0.3, 0.4) is 0 Å². The highest BCUT2D eigenvalue weighted by Crippen LogP contribution is 2.29. The molecule has 2 N–H and O–H groups in total. The van der Waals surface area contributed by atoms with E-state index in [0.717, 1.165) is 17.1 Å². The third-order valence-electron chi connectivity index (χ3n) is 2.11. The predicted molar refractivity (Wildman–Crippen MR) is 64.9 cm³/mol. The Balaban J connectivity index is 2.98. The van der Waals surface area contributed by atoms with E-state index in [1.807, 2.05) is 25.1 Å². The molecule has 0 amide bonds. The molecule has 0 aliphatic rings. The third kappa shape index (κ3) is 3.04. The number of hydrogen-bond donors (Lipinski definition) is 2. The Labute approximate surface area is 96.0 Å². The highest BCUT2D eigenvalue weighted by Gasteiger charge is 2.09. The van der Waals surface area contributed by atoms with Crippen LogP contribution in [0, 0.1) is 0 Å². The first-order valence-electron chi connectivity index (χ1n) is 4.90. The van der Waals surface area contributed by atoms with Gasteiger partial charge in [-0.1, -0.05) is 6.07 Å². The molecule has 0 bridgehead atoms. The molecule has 0 saturated heterocycles. The summed E-state index contributed by atoms with van der Waals surface area (Å²) in [4.78, 5) is 0. The van der Waals surface area contributed by atoms with Crippen LogP contribution in [0.1, 0.15) is 18.5 Å². The molecular weight excluding hydrogens is 210 g/mol. The Morgan fingerprint density at radius 3 is 2.67 bits per heavy atom. The molecule has 0 fully saturated rings. The van der Waals surface area contributed by atoms with Gasteiger partial charge in [0.15, 0.2) is 11.5 Å². The van der Waals surface area contributed by atoms with Gasteiger partial charge in [0, 0.05) is 11.8 Å². The first-order chi connectivity index (χ1) is 7.22. The molecule has 1 aromatic rings. The molecule has 0 saturated carbocycles. The lowest BCUT2D eigenvalue weighted by molar-refractivity contribution is 0.310. The van der Waals surface area contributed by atoms with Crippen LogP contribution in [-0.2, 0) is 0 Å².